The van der Waals surface area contributed by atoms with Crippen molar-refractivity contribution in [3.8, 4) is 6.07 Å². The molecule has 6 nitrogen and oxygen atoms in total. The molecule has 0 radical (unpaired) electrons. The number of anilines is 2. The first-order chi connectivity index (χ1) is 14.0. The summed E-state index contributed by atoms with van der Waals surface area (Å²) in [5.41, 5.74) is 4.79. The van der Waals surface area contributed by atoms with Gasteiger partial charge >= 0.3 is 0 Å². The molecule has 0 saturated carbocycles. The zero-order valence-corrected chi connectivity index (χ0v) is 17.9. The van der Waals surface area contributed by atoms with Gasteiger partial charge in [0.15, 0.2) is 0 Å². The third-order valence-corrected chi connectivity index (χ3v) is 5.80. The molecular formula is C22H28ClN5O. The molecule has 1 aliphatic rings. The van der Waals surface area contributed by atoms with Crippen LogP contribution in [0.3, 0.4) is 0 Å². The summed E-state index contributed by atoms with van der Waals surface area (Å²) in [5, 5.41) is 16.9. The SMILES string of the molecule is Cc1nn(CCC#N)c(C)c1CCC(=O)Nc1ccc(N2CCCCC2)c(Cl)c1. The maximum absolute atomic E-state index is 12.5. The van der Waals surface area contributed by atoms with Crippen molar-refractivity contribution < 1.29 is 4.79 Å². The maximum atomic E-state index is 12.5. The molecule has 1 amide bonds. The van der Waals surface area contributed by atoms with Crippen LogP contribution in [0.25, 0.3) is 0 Å². The Morgan fingerprint density at radius 3 is 2.72 bits per heavy atom. The highest BCUT2D eigenvalue weighted by molar-refractivity contribution is 6.33. The van der Waals surface area contributed by atoms with E-state index >= 15 is 0 Å². The Labute approximate surface area is 177 Å². The van der Waals surface area contributed by atoms with Crippen LogP contribution >= 0.6 is 11.6 Å². The summed E-state index contributed by atoms with van der Waals surface area (Å²) in [7, 11) is 0. The lowest BCUT2D eigenvalue weighted by Crippen LogP contribution is -2.29. The highest BCUT2D eigenvalue weighted by atomic mass is 35.5. The maximum Gasteiger partial charge on any atom is 0.224 e. The van der Waals surface area contributed by atoms with Gasteiger partial charge in [-0.15, -0.1) is 0 Å². The fourth-order valence-corrected chi connectivity index (χ4v) is 4.21. The second kappa shape index (κ2) is 9.80. The van der Waals surface area contributed by atoms with E-state index in [0.717, 1.165) is 41.4 Å². The monoisotopic (exact) mass is 413 g/mol. The predicted octanol–water partition coefficient (Wildman–Crippen LogP) is 4.63. The topological polar surface area (TPSA) is 73.9 Å². The van der Waals surface area contributed by atoms with Crippen LogP contribution in [-0.4, -0.2) is 28.8 Å². The van der Waals surface area contributed by atoms with E-state index in [9.17, 15) is 4.79 Å². The van der Waals surface area contributed by atoms with Crippen molar-refractivity contribution >= 4 is 28.9 Å². The zero-order chi connectivity index (χ0) is 20.8. The van der Waals surface area contributed by atoms with Crippen molar-refractivity contribution in [2.45, 2.75) is 58.9 Å². The Morgan fingerprint density at radius 2 is 2.03 bits per heavy atom. The van der Waals surface area contributed by atoms with E-state index in [1.54, 1.807) is 0 Å². The average Bonchev–Trinajstić information content (AvgIpc) is 2.98. The highest BCUT2D eigenvalue weighted by Crippen LogP contribution is 2.31. The Balaban J connectivity index is 1.58. The van der Waals surface area contributed by atoms with Crippen LogP contribution in [0.2, 0.25) is 5.02 Å². The molecular weight excluding hydrogens is 386 g/mol. The first-order valence-corrected chi connectivity index (χ1v) is 10.6. The quantitative estimate of drug-likeness (QED) is 0.718. The van der Waals surface area contributed by atoms with Gasteiger partial charge in [0.2, 0.25) is 5.91 Å². The van der Waals surface area contributed by atoms with Crippen LogP contribution in [0.4, 0.5) is 11.4 Å². The fraction of sp³-hybridized carbons (Fsp3) is 0.500. The number of aryl methyl sites for hydroxylation is 2. The Bertz CT molecular complexity index is 909. The molecule has 0 atom stereocenters. The number of piperidine rings is 1. The molecule has 1 saturated heterocycles. The minimum atomic E-state index is -0.0460. The Morgan fingerprint density at radius 1 is 1.28 bits per heavy atom. The lowest BCUT2D eigenvalue weighted by molar-refractivity contribution is -0.116. The molecule has 7 heteroatoms. The number of nitriles is 1. The average molecular weight is 414 g/mol. The summed E-state index contributed by atoms with van der Waals surface area (Å²) < 4.78 is 1.85. The lowest BCUT2D eigenvalue weighted by Gasteiger charge is -2.29. The number of hydrogen-bond donors (Lipinski definition) is 1. The highest BCUT2D eigenvalue weighted by Gasteiger charge is 2.16. The number of rotatable bonds is 7. The number of carbonyl (C=O) groups excluding carboxylic acids is 1. The van der Waals surface area contributed by atoms with E-state index in [2.05, 4.69) is 21.4 Å². The van der Waals surface area contributed by atoms with Crippen molar-refractivity contribution in [2.24, 2.45) is 0 Å². The smallest absolute Gasteiger partial charge is 0.224 e. The van der Waals surface area contributed by atoms with E-state index in [0.29, 0.717) is 30.8 Å². The molecule has 1 aliphatic heterocycles. The standard InChI is InChI=1S/C22H28ClN5O/c1-16-19(17(2)28(26-16)14-6-11-24)8-10-22(29)25-18-7-9-21(20(23)15-18)27-12-4-3-5-13-27/h7,9,15H,3-6,8,10,12-14H2,1-2H3,(H,25,29). The van der Waals surface area contributed by atoms with Gasteiger partial charge in [-0.25, -0.2) is 0 Å². The van der Waals surface area contributed by atoms with Gasteiger partial charge in [0.05, 0.1) is 35.4 Å². The number of benzene rings is 1. The van der Waals surface area contributed by atoms with Crippen molar-refractivity contribution in [2.75, 3.05) is 23.3 Å². The second-order valence-corrected chi connectivity index (χ2v) is 7.95. The molecule has 1 aromatic heterocycles. The number of halogens is 1. The molecule has 0 unspecified atom stereocenters. The number of aromatic nitrogens is 2. The minimum absolute atomic E-state index is 0.0460. The molecule has 1 fully saturated rings. The van der Waals surface area contributed by atoms with Crippen LogP contribution in [0, 0.1) is 25.2 Å². The summed E-state index contributed by atoms with van der Waals surface area (Å²) in [5.74, 6) is -0.0460. The third-order valence-electron chi connectivity index (χ3n) is 5.50. The Kier molecular flexibility index (Phi) is 7.16. The van der Waals surface area contributed by atoms with Gasteiger partial charge in [-0.3, -0.25) is 9.48 Å². The molecule has 2 heterocycles. The first-order valence-electron chi connectivity index (χ1n) is 10.2. The van der Waals surface area contributed by atoms with Crippen molar-refractivity contribution in [3.05, 3.63) is 40.2 Å². The number of nitrogens with zero attached hydrogens (tertiary/aromatic N) is 4. The molecule has 1 N–H and O–H groups in total. The van der Waals surface area contributed by atoms with Gasteiger partial charge in [0.25, 0.3) is 0 Å². The van der Waals surface area contributed by atoms with Crippen molar-refractivity contribution in [3.63, 3.8) is 0 Å². The summed E-state index contributed by atoms with van der Waals surface area (Å²) in [4.78, 5) is 14.8. The molecule has 29 heavy (non-hydrogen) atoms. The summed E-state index contributed by atoms with van der Waals surface area (Å²) in [6, 6.07) is 7.89. The van der Waals surface area contributed by atoms with Gasteiger partial charge in [-0.2, -0.15) is 10.4 Å². The van der Waals surface area contributed by atoms with Crippen LogP contribution in [-0.2, 0) is 17.8 Å². The lowest BCUT2D eigenvalue weighted by atomic mass is 10.1. The van der Waals surface area contributed by atoms with Crippen molar-refractivity contribution in [1.82, 2.24) is 9.78 Å². The van der Waals surface area contributed by atoms with Gasteiger partial charge in [0.1, 0.15) is 0 Å². The van der Waals surface area contributed by atoms with Crippen LogP contribution in [0.15, 0.2) is 18.2 Å². The predicted molar refractivity (Wildman–Crippen MR) is 116 cm³/mol. The summed E-state index contributed by atoms with van der Waals surface area (Å²) in [6.45, 7) is 6.58. The second-order valence-electron chi connectivity index (χ2n) is 7.54. The van der Waals surface area contributed by atoms with Gasteiger partial charge in [0, 0.05) is 30.9 Å². The largest absolute Gasteiger partial charge is 0.370 e. The molecule has 154 valence electrons. The number of carbonyl (C=O) groups is 1. The molecule has 1 aromatic carbocycles. The molecule has 0 spiro atoms. The summed E-state index contributed by atoms with van der Waals surface area (Å²) in [6.07, 6.45) is 5.09. The van der Waals surface area contributed by atoms with Gasteiger partial charge < -0.3 is 10.2 Å². The number of amides is 1. The van der Waals surface area contributed by atoms with Crippen LogP contribution < -0.4 is 10.2 Å². The molecule has 0 aliphatic carbocycles. The molecule has 0 bridgehead atoms. The molecule has 2 aromatic rings. The first kappa shape index (κ1) is 21.2. The van der Waals surface area contributed by atoms with E-state index in [1.807, 2.05) is 36.7 Å². The van der Waals surface area contributed by atoms with Gasteiger partial charge in [-0.1, -0.05) is 11.6 Å². The van der Waals surface area contributed by atoms with E-state index < -0.39 is 0 Å². The van der Waals surface area contributed by atoms with Crippen LogP contribution in [0.1, 0.15) is 49.1 Å². The summed E-state index contributed by atoms with van der Waals surface area (Å²) >= 11 is 6.48. The number of nitrogens with one attached hydrogen (secondary N) is 1. The van der Waals surface area contributed by atoms with Crippen molar-refractivity contribution in [1.29, 1.82) is 5.26 Å². The zero-order valence-electron chi connectivity index (χ0n) is 17.2. The number of hydrogen-bond acceptors (Lipinski definition) is 4. The van der Waals surface area contributed by atoms with Gasteiger partial charge in [-0.05, 0) is 63.3 Å². The van der Waals surface area contributed by atoms with E-state index in [-0.39, 0.29) is 5.91 Å². The normalized spacial score (nSPS) is 13.9. The molecule has 3 rings (SSSR count). The van der Waals surface area contributed by atoms with E-state index in [1.165, 1.54) is 19.3 Å². The van der Waals surface area contributed by atoms with Crippen LogP contribution in [0.5, 0.6) is 0 Å². The van der Waals surface area contributed by atoms with E-state index in [4.69, 9.17) is 16.9 Å². The third kappa shape index (κ3) is 5.30. The minimum Gasteiger partial charge on any atom is -0.370 e. The Hall–Kier alpha value is -2.52. The fourth-order valence-electron chi connectivity index (χ4n) is 3.91.